The van der Waals surface area contributed by atoms with Gasteiger partial charge in [0, 0.05) is 30.8 Å². The van der Waals surface area contributed by atoms with E-state index in [1.54, 1.807) is 0 Å². The fraction of sp³-hybridized carbons (Fsp3) is 0.407. The van der Waals surface area contributed by atoms with E-state index in [4.69, 9.17) is 14.2 Å². The number of hydrogen-bond donors (Lipinski definition) is 1. The van der Waals surface area contributed by atoms with Crippen molar-refractivity contribution in [2.24, 2.45) is 5.92 Å². The minimum atomic E-state index is -0.304. The molecule has 1 saturated heterocycles. The van der Waals surface area contributed by atoms with Crippen molar-refractivity contribution in [2.45, 2.75) is 38.3 Å². The SMILES string of the molecule is COC(=O)C(NCCc1ccc2c(c1)CO/C2=C1/C(=O)Cc2ccccc21)C1CCOCC1. The number of Topliss-reactive ketones (excluding diaryl/α,β-unsaturated/α-hetero) is 1. The molecule has 2 aromatic carbocycles. The first kappa shape index (κ1) is 21.9. The molecule has 1 atom stereocenters. The third-order valence-corrected chi connectivity index (χ3v) is 6.90. The van der Waals surface area contributed by atoms with Crippen LogP contribution >= 0.6 is 0 Å². The van der Waals surface area contributed by atoms with Crippen LogP contribution in [0.1, 0.15) is 40.7 Å². The van der Waals surface area contributed by atoms with Crippen molar-refractivity contribution in [1.82, 2.24) is 5.32 Å². The summed E-state index contributed by atoms with van der Waals surface area (Å²) in [4.78, 5) is 25.0. The lowest BCUT2D eigenvalue weighted by Crippen LogP contribution is -2.46. The van der Waals surface area contributed by atoms with Crippen molar-refractivity contribution in [3.8, 4) is 0 Å². The predicted octanol–water partition coefficient (Wildman–Crippen LogP) is 3.31. The van der Waals surface area contributed by atoms with E-state index in [9.17, 15) is 9.59 Å². The maximum absolute atomic E-state index is 12.7. The van der Waals surface area contributed by atoms with Crippen molar-refractivity contribution in [1.29, 1.82) is 0 Å². The molecule has 33 heavy (non-hydrogen) atoms. The number of allylic oxidation sites excluding steroid dienone is 1. The number of ketones is 1. The van der Waals surface area contributed by atoms with Gasteiger partial charge < -0.3 is 19.5 Å². The van der Waals surface area contributed by atoms with E-state index in [1.807, 2.05) is 24.3 Å². The van der Waals surface area contributed by atoms with Gasteiger partial charge in [0.1, 0.15) is 18.4 Å². The van der Waals surface area contributed by atoms with Crippen LogP contribution in [0.5, 0.6) is 0 Å². The van der Waals surface area contributed by atoms with Gasteiger partial charge in [-0.3, -0.25) is 9.59 Å². The van der Waals surface area contributed by atoms with Gasteiger partial charge in [-0.1, -0.05) is 42.5 Å². The number of carbonyl (C=O) groups is 2. The van der Waals surface area contributed by atoms with E-state index in [1.165, 1.54) is 12.7 Å². The highest BCUT2D eigenvalue weighted by molar-refractivity contribution is 6.31. The lowest BCUT2D eigenvalue weighted by Gasteiger charge is -2.29. The number of carbonyl (C=O) groups excluding carboxylic acids is 2. The zero-order valence-electron chi connectivity index (χ0n) is 18.9. The molecule has 1 N–H and O–H groups in total. The third kappa shape index (κ3) is 4.33. The molecule has 3 aliphatic rings. The Hall–Kier alpha value is -2.96. The van der Waals surface area contributed by atoms with Gasteiger partial charge in [0.15, 0.2) is 5.78 Å². The third-order valence-electron chi connectivity index (χ3n) is 6.90. The summed E-state index contributed by atoms with van der Waals surface area (Å²) < 4.78 is 16.5. The largest absolute Gasteiger partial charge is 0.487 e. The van der Waals surface area contributed by atoms with Crippen LogP contribution in [0.25, 0.3) is 11.3 Å². The molecule has 1 fully saturated rings. The molecule has 1 aliphatic carbocycles. The summed E-state index contributed by atoms with van der Waals surface area (Å²) in [6, 6.07) is 13.9. The molecule has 0 bridgehead atoms. The quantitative estimate of drug-likeness (QED) is 0.541. The van der Waals surface area contributed by atoms with Gasteiger partial charge in [-0.25, -0.2) is 0 Å². The van der Waals surface area contributed by atoms with Crippen LogP contribution < -0.4 is 5.32 Å². The molecule has 6 heteroatoms. The molecular weight excluding hydrogens is 418 g/mol. The summed E-state index contributed by atoms with van der Waals surface area (Å²) in [6.07, 6.45) is 2.95. The Morgan fingerprint density at radius 1 is 1.12 bits per heavy atom. The van der Waals surface area contributed by atoms with E-state index < -0.39 is 0 Å². The number of fused-ring (bicyclic) bond motifs is 2. The topological polar surface area (TPSA) is 73.9 Å². The van der Waals surface area contributed by atoms with E-state index in [2.05, 4.69) is 23.5 Å². The second-order valence-corrected chi connectivity index (χ2v) is 8.90. The summed E-state index contributed by atoms with van der Waals surface area (Å²) in [6.45, 7) is 2.53. The van der Waals surface area contributed by atoms with Crippen LogP contribution in [0.3, 0.4) is 0 Å². The molecule has 6 nitrogen and oxygen atoms in total. The number of ether oxygens (including phenoxy) is 3. The summed E-state index contributed by atoms with van der Waals surface area (Å²) in [5, 5.41) is 3.41. The molecule has 5 rings (SSSR count). The molecule has 0 saturated carbocycles. The highest BCUT2D eigenvalue weighted by atomic mass is 16.5. The lowest BCUT2D eigenvalue weighted by atomic mass is 9.91. The average Bonchev–Trinajstić information content (AvgIpc) is 3.41. The molecule has 1 unspecified atom stereocenters. The van der Waals surface area contributed by atoms with Crippen molar-refractivity contribution >= 4 is 23.1 Å². The number of hydrogen-bond acceptors (Lipinski definition) is 6. The molecular formula is C27H29NO5. The number of nitrogens with one attached hydrogen (secondary N) is 1. The van der Waals surface area contributed by atoms with Crippen molar-refractivity contribution in [2.75, 3.05) is 26.9 Å². The van der Waals surface area contributed by atoms with E-state index >= 15 is 0 Å². The van der Waals surface area contributed by atoms with Crippen LogP contribution in [-0.2, 0) is 43.2 Å². The standard InChI is InChI=1S/C27H29NO5/c1-31-27(30)25(18-9-12-32-13-10-18)28-11-8-17-6-7-22-20(14-17)16-33-26(22)24-21-5-3-2-4-19(21)15-23(24)29/h2-7,14,18,25,28H,8-13,15-16H2,1H3/b26-24+. The van der Waals surface area contributed by atoms with Crippen molar-refractivity contribution in [3.63, 3.8) is 0 Å². The lowest BCUT2D eigenvalue weighted by molar-refractivity contribution is -0.145. The Kier molecular flexibility index (Phi) is 6.29. The first-order valence-electron chi connectivity index (χ1n) is 11.7. The van der Waals surface area contributed by atoms with Gasteiger partial charge >= 0.3 is 5.97 Å². The second kappa shape index (κ2) is 9.49. The molecule has 2 aromatic rings. The van der Waals surface area contributed by atoms with Gasteiger partial charge in [-0.2, -0.15) is 0 Å². The Morgan fingerprint density at radius 2 is 1.94 bits per heavy atom. The fourth-order valence-electron chi connectivity index (χ4n) is 5.15. The minimum Gasteiger partial charge on any atom is -0.487 e. The number of methoxy groups -OCH3 is 1. The average molecular weight is 448 g/mol. The van der Waals surface area contributed by atoms with Crippen LogP contribution in [-0.4, -0.2) is 44.7 Å². The van der Waals surface area contributed by atoms with Crippen LogP contribution in [0.2, 0.25) is 0 Å². The van der Waals surface area contributed by atoms with Gasteiger partial charge in [0.25, 0.3) is 0 Å². The fourth-order valence-corrected chi connectivity index (χ4v) is 5.15. The molecule has 172 valence electrons. The summed E-state index contributed by atoms with van der Waals surface area (Å²) in [5.74, 6) is 0.854. The smallest absolute Gasteiger partial charge is 0.323 e. The number of rotatable bonds is 6. The molecule has 0 radical (unpaired) electrons. The Bertz CT molecular complexity index is 1100. The Labute approximate surface area is 193 Å². The minimum absolute atomic E-state index is 0.120. The first-order chi connectivity index (χ1) is 16.2. The van der Waals surface area contributed by atoms with Crippen LogP contribution in [0, 0.1) is 5.92 Å². The van der Waals surface area contributed by atoms with Crippen LogP contribution in [0.15, 0.2) is 42.5 Å². The van der Waals surface area contributed by atoms with Crippen molar-refractivity contribution in [3.05, 3.63) is 70.3 Å². The highest BCUT2D eigenvalue weighted by Gasteiger charge is 2.32. The molecule has 0 amide bonds. The molecule has 2 heterocycles. The monoisotopic (exact) mass is 447 g/mol. The van der Waals surface area contributed by atoms with E-state index in [0.29, 0.717) is 44.1 Å². The maximum Gasteiger partial charge on any atom is 0.323 e. The Balaban J connectivity index is 1.29. The van der Waals surface area contributed by atoms with Gasteiger partial charge in [-0.05, 0) is 48.4 Å². The predicted molar refractivity (Wildman–Crippen MR) is 124 cm³/mol. The zero-order chi connectivity index (χ0) is 22.8. The first-order valence-corrected chi connectivity index (χ1v) is 11.7. The second-order valence-electron chi connectivity index (χ2n) is 8.90. The van der Waals surface area contributed by atoms with Crippen LogP contribution in [0.4, 0.5) is 0 Å². The summed E-state index contributed by atoms with van der Waals surface area (Å²) >= 11 is 0. The summed E-state index contributed by atoms with van der Waals surface area (Å²) in [7, 11) is 1.44. The number of esters is 1. The van der Waals surface area contributed by atoms with E-state index in [-0.39, 0.29) is 23.7 Å². The Morgan fingerprint density at radius 3 is 2.76 bits per heavy atom. The zero-order valence-corrected chi connectivity index (χ0v) is 18.9. The summed E-state index contributed by atoms with van der Waals surface area (Å²) in [5.41, 5.74) is 6.03. The van der Waals surface area contributed by atoms with Crippen molar-refractivity contribution < 1.29 is 23.8 Å². The van der Waals surface area contributed by atoms with Gasteiger partial charge in [-0.15, -0.1) is 0 Å². The van der Waals surface area contributed by atoms with E-state index in [0.717, 1.165) is 41.5 Å². The molecule has 0 aromatic heterocycles. The molecule has 2 aliphatic heterocycles. The van der Waals surface area contributed by atoms with Gasteiger partial charge in [0.05, 0.1) is 12.7 Å². The highest BCUT2D eigenvalue weighted by Crippen LogP contribution is 2.40. The molecule has 0 spiro atoms. The van der Waals surface area contributed by atoms with Gasteiger partial charge in [0.2, 0.25) is 0 Å². The normalized spacial score (nSPS) is 20.8. The maximum atomic E-state index is 12.7. The number of benzene rings is 2.